The van der Waals surface area contributed by atoms with Crippen molar-refractivity contribution in [1.29, 1.82) is 0 Å². The van der Waals surface area contributed by atoms with Gasteiger partial charge in [-0.2, -0.15) is 0 Å². The highest BCUT2D eigenvalue weighted by molar-refractivity contribution is 5.94. The predicted octanol–water partition coefficient (Wildman–Crippen LogP) is 3.30. The quantitative estimate of drug-likeness (QED) is 0.302. The van der Waals surface area contributed by atoms with Crippen molar-refractivity contribution >= 4 is 11.9 Å². The van der Waals surface area contributed by atoms with Gasteiger partial charge in [-0.25, -0.2) is 13.8 Å². The number of carbonyl (C=O) groups excluding carboxylic acids is 1. The number of imidazole rings is 1. The van der Waals surface area contributed by atoms with Crippen molar-refractivity contribution in [2.24, 2.45) is 0 Å². The van der Waals surface area contributed by atoms with Crippen LogP contribution in [0.5, 0.6) is 0 Å². The topological polar surface area (TPSA) is 125 Å². The Morgan fingerprint density at radius 2 is 1.61 bits per heavy atom. The molecule has 3 rings (SSSR count). The molecule has 0 spiro atoms. The van der Waals surface area contributed by atoms with E-state index in [9.17, 15) is 28.6 Å². The average molecular weight is 502 g/mol. The second-order valence-electron chi connectivity index (χ2n) is 8.48. The molecule has 2 aromatic carbocycles. The molecular weight excluding hydrogens is 472 g/mol. The largest absolute Gasteiger partial charge is 0.481 e. The van der Waals surface area contributed by atoms with Gasteiger partial charge >= 0.3 is 5.97 Å². The molecule has 8 nitrogen and oxygen atoms in total. The van der Waals surface area contributed by atoms with E-state index in [0.29, 0.717) is 29.1 Å². The number of carbonyl (C=O) groups is 2. The van der Waals surface area contributed by atoms with Crippen LogP contribution in [-0.4, -0.2) is 49.0 Å². The lowest BCUT2D eigenvalue weighted by Crippen LogP contribution is -2.25. The molecule has 2 atom stereocenters. The van der Waals surface area contributed by atoms with Gasteiger partial charge in [0.05, 0.1) is 24.3 Å². The molecule has 0 saturated carbocycles. The molecular formula is C26H29F2N3O5. The smallest absolute Gasteiger partial charge is 0.305 e. The van der Waals surface area contributed by atoms with Crippen molar-refractivity contribution in [2.75, 3.05) is 0 Å². The fourth-order valence-corrected chi connectivity index (χ4v) is 3.95. The highest BCUT2D eigenvalue weighted by Crippen LogP contribution is 2.25. The van der Waals surface area contributed by atoms with Gasteiger partial charge in [0.1, 0.15) is 23.2 Å². The third kappa shape index (κ3) is 7.19. The number of aromatic nitrogens is 2. The van der Waals surface area contributed by atoms with Crippen LogP contribution >= 0.6 is 0 Å². The van der Waals surface area contributed by atoms with Crippen molar-refractivity contribution in [3.8, 4) is 11.4 Å². The number of nitrogens with zero attached hydrogens (tertiary/aromatic N) is 2. The van der Waals surface area contributed by atoms with Gasteiger partial charge in [-0.15, -0.1) is 0 Å². The maximum absolute atomic E-state index is 13.5. The van der Waals surface area contributed by atoms with E-state index in [2.05, 4.69) is 10.3 Å². The molecule has 0 bridgehead atoms. The van der Waals surface area contributed by atoms with Crippen LogP contribution in [0.1, 0.15) is 47.9 Å². The molecule has 4 N–H and O–H groups in total. The molecule has 0 unspecified atom stereocenters. The van der Waals surface area contributed by atoms with Crippen LogP contribution in [0.4, 0.5) is 8.78 Å². The lowest BCUT2D eigenvalue weighted by Gasteiger charge is -2.17. The number of aliphatic carboxylic acids is 1. The van der Waals surface area contributed by atoms with Gasteiger partial charge < -0.3 is 25.2 Å². The Balaban J connectivity index is 1.84. The number of amides is 1. The number of aliphatic hydroxyl groups excluding tert-OH is 2. The molecule has 10 heteroatoms. The van der Waals surface area contributed by atoms with Gasteiger partial charge in [0.15, 0.2) is 0 Å². The molecule has 0 radical (unpaired) electrons. The zero-order valence-electron chi connectivity index (χ0n) is 19.8. The molecule has 0 saturated heterocycles. The van der Waals surface area contributed by atoms with E-state index >= 15 is 0 Å². The number of rotatable bonds is 12. The molecule has 36 heavy (non-hydrogen) atoms. The minimum Gasteiger partial charge on any atom is -0.481 e. The Hall–Kier alpha value is -3.63. The zero-order valence-corrected chi connectivity index (χ0v) is 19.8. The van der Waals surface area contributed by atoms with Gasteiger partial charge in [0.2, 0.25) is 0 Å². The van der Waals surface area contributed by atoms with E-state index in [1.54, 1.807) is 28.8 Å². The fraction of sp³-hybridized carbons (Fsp3) is 0.346. The second kappa shape index (κ2) is 12.4. The van der Waals surface area contributed by atoms with E-state index in [1.807, 2.05) is 6.92 Å². The summed E-state index contributed by atoms with van der Waals surface area (Å²) in [7, 11) is 0. The summed E-state index contributed by atoms with van der Waals surface area (Å²) in [5, 5.41) is 31.8. The summed E-state index contributed by atoms with van der Waals surface area (Å²) < 4.78 is 28.4. The SMILES string of the molecule is CCc1c(C(=O)NCc2ccc(F)cc2)nc(-c2ccc(F)cc2)n1CC[C@@H](O)C[C@@H](O)CC(=O)O. The highest BCUT2D eigenvalue weighted by atomic mass is 19.1. The van der Waals surface area contributed by atoms with Gasteiger partial charge in [-0.3, -0.25) is 9.59 Å². The minimum atomic E-state index is -1.18. The monoisotopic (exact) mass is 501 g/mol. The van der Waals surface area contributed by atoms with Gasteiger partial charge in [0.25, 0.3) is 5.91 Å². The third-order valence-electron chi connectivity index (χ3n) is 5.73. The summed E-state index contributed by atoms with van der Waals surface area (Å²) in [4.78, 5) is 28.4. The van der Waals surface area contributed by atoms with E-state index in [-0.39, 0.29) is 37.4 Å². The maximum Gasteiger partial charge on any atom is 0.305 e. The van der Waals surface area contributed by atoms with Crippen LogP contribution in [0.2, 0.25) is 0 Å². The van der Waals surface area contributed by atoms with Crippen LogP contribution in [-0.2, 0) is 24.3 Å². The molecule has 0 aliphatic heterocycles. The van der Waals surface area contributed by atoms with E-state index in [1.165, 1.54) is 24.3 Å². The predicted molar refractivity (Wildman–Crippen MR) is 128 cm³/mol. The molecule has 0 aliphatic carbocycles. The van der Waals surface area contributed by atoms with Crippen molar-refractivity contribution in [2.45, 2.75) is 57.9 Å². The van der Waals surface area contributed by atoms with Crippen molar-refractivity contribution in [3.63, 3.8) is 0 Å². The summed E-state index contributed by atoms with van der Waals surface area (Å²) in [5.41, 5.74) is 2.07. The Morgan fingerprint density at radius 3 is 2.19 bits per heavy atom. The standard InChI is InChI=1S/C26H29F2N3O5/c1-2-22-24(26(36)29-15-16-3-7-18(27)8-4-16)30-25(17-5-9-19(28)10-6-17)31(22)12-11-20(32)13-21(33)14-23(34)35/h3-10,20-21,32-33H,2,11-15H2,1H3,(H,29,36)(H,34,35)/t20-,21-/m1/s1. The van der Waals surface area contributed by atoms with E-state index in [0.717, 1.165) is 0 Å². The number of carboxylic acid groups (broad SMARTS) is 1. The fourth-order valence-electron chi connectivity index (χ4n) is 3.95. The number of aliphatic hydroxyl groups is 2. The van der Waals surface area contributed by atoms with Crippen molar-refractivity contribution < 1.29 is 33.7 Å². The average Bonchev–Trinajstić information content (AvgIpc) is 3.20. The van der Waals surface area contributed by atoms with E-state index < -0.39 is 36.3 Å². The summed E-state index contributed by atoms with van der Waals surface area (Å²) in [6.45, 7) is 2.25. The van der Waals surface area contributed by atoms with Gasteiger partial charge in [0, 0.05) is 18.7 Å². The van der Waals surface area contributed by atoms with Crippen molar-refractivity contribution in [1.82, 2.24) is 14.9 Å². The molecule has 0 fully saturated rings. The zero-order chi connectivity index (χ0) is 26.2. The minimum absolute atomic E-state index is 0.112. The molecule has 3 aromatic rings. The van der Waals surface area contributed by atoms with E-state index in [4.69, 9.17) is 5.11 Å². The molecule has 1 amide bonds. The molecule has 1 heterocycles. The Labute approximate surface area is 207 Å². The highest BCUT2D eigenvalue weighted by Gasteiger charge is 2.23. The normalized spacial score (nSPS) is 12.8. The number of nitrogens with one attached hydrogen (secondary N) is 1. The third-order valence-corrected chi connectivity index (χ3v) is 5.73. The maximum atomic E-state index is 13.5. The van der Waals surface area contributed by atoms with Crippen LogP contribution in [0.3, 0.4) is 0 Å². The molecule has 0 aliphatic rings. The van der Waals surface area contributed by atoms with Crippen LogP contribution in [0.15, 0.2) is 48.5 Å². The number of hydrogen-bond acceptors (Lipinski definition) is 5. The van der Waals surface area contributed by atoms with Crippen LogP contribution in [0, 0.1) is 11.6 Å². The first-order chi connectivity index (χ1) is 17.2. The summed E-state index contributed by atoms with van der Waals surface area (Å²) in [5.74, 6) is -1.98. The van der Waals surface area contributed by atoms with Gasteiger partial charge in [-0.1, -0.05) is 19.1 Å². The second-order valence-corrected chi connectivity index (χ2v) is 8.48. The van der Waals surface area contributed by atoms with Crippen LogP contribution in [0.25, 0.3) is 11.4 Å². The summed E-state index contributed by atoms with van der Waals surface area (Å²) in [6.07, 6.45) is -2.14. The molecule has 192 valence electrons. The first-order valence-corrected chi connectivity index (χ1v) is 11.6. The lowest BCUT2D eigenvalue weighted by molar-refractivity contribution is -0.139. The first kappa shape index (κ1) is 27.0. The number of hydrogen-bond donors (Lipinski definition) is 4. The summed E-state index contributed by atoms with van der Waals surface area (Å²) in [6, 6.07) is 11.4. The Bertz CT molecular complexity index is 1180. The van der Waals surface area contributed by atoms with Crippen molar-refractivity contribution in [3.05, 3.63) is 77.1 Å². The first-order valence-electron chi connectivity index (χ1n) is 11.6. The number of benzene rings is 2. The summed E-state index contributed by atoms with van der Waals surface area (Å²) >= 11 is 0. The number of halogens is 2. The number of carboxylic acids is 1. The van der Waals surface area contributed by atoms with Crippen LogP contribution < -0.4 is 5.32 Å². The van der Waals surface area contributed by atoms with Gasteiger partial charge in [-0.05, 0) is 61.2 Å². The molecule has 1 aromatic heterocycles. The lowest BCUT2D eigenvalue weighted by atomic mass is 10.1. The Kier molecular flexibility index (Phi) is 9.26. The Morgan fingerprint density at radius 1 is 1.00 bits per heavy atom.